The molecule has 0 aromatic heterocycles. The lowest BCUT2D eigenvalue weighted by atomic mass is 9.95. The Bertz CT molecular complexity index is 529. The summed E-state index contributed by atoms with van der Waals surface area (Å²) in [6.45, 7) is 6.84. The van der Waals surface area contributed by atoms with Crippen molar-refractivity contribution in [3.63, 3.8) is 0 Å². The minimum Gasteiger partial charge on any atom is -0.493 e. The van der Waals surface area contributed by atoms with Gasteiger partial charge in [0.15, 0.2) is 17.3 Å². The third kappa shape index (κ3) is 3.50. The molecule has 0 unspecified atom stereocenters. The molecule has 0 aliphatic heterocycles. The van der Waals surface area contributed by atoms with Crippen LogP contribution in [0.3, 0.4) is 0 Å². The number of ether oxygens (including phenoxy) is 2. The highest BCUT2D eigenvalue weighted by Gasteiger charge is 2.23. The summed E-state index contributed by atoms with van der Waals surface area (Å²) in [6.07, 6.45) is 0. The summed E-state index contributed by atoms with van der Waals surface area (Å²) in [4.78, 5) is 23.8. The molecule has 0 heterocycles. The van der Waals surface area contributed by atoms with Crippen LogP contribution in [-0.4, -0.2) is 25.9 Å². The highest BCUT2D eigenvalue weighted by molar-refractivity contribution is 6.05. The van der Waals surface area contributed by atoms with Gasteiger partial charge in [0.05, 0.1) is 19.9 Å². The van der Waals surface area contributed by atoms with Crippen molar-refractivity contribution in [2.45, 2.75) is 27.7 Å². The van der Waals surface area contributed by atoms with Crippen LogP contribution in [0.25, 0.3) is 0 Å². The lowest BCUT2D eigenvalue weighted by molar-refractivity contribution is -0.123. The van der Waals surface area contributed by atoms with Crippen LogP contribution in [0.5, 0.6) is 11.5 Å². The van der Waals surface area contributed by atoms with Crippen molar-refractivity contribution in [3.8, 4) is 11.5 Å². The SMILES string of the molecule is COc1cc(NC(=O)C(C)(C)C)c(C(C)=O)cc1OC. The summed E-state index contributed by atoms with van der Waals surface area (Å²) < 4.78 is 10.4. The fraction of sp³-hybridized carbons (Fsp3) is 0.467. The first-order valence-corrected chi connectivity index (χ1v) is 6.29. The van der Waals surface area contributed by atoms with Gasteiger partial charge in [-0.25, -0.2) is 0 Å². The van der Waals surface area contributed by atoms with Crippen molar-refractivity contribution < 1.29 is 19.1 Å². The fourth-order valence-electron chi connectivity index (χ4n) is 1.58. The zero-order valence-electron chi connectivity index (χ0n) is 12.8. The molecule has 0 bridgehead atoms. The van der Waals surface area contributed by atoms with Crippen LogP contribution >= 0.6 is 0 Å². The molecule has 0 atom stereocenters. The van der Waals surface area contributed by atoms with Gasteiger partial charge in [-0.05, 0) is 13.0 Å². The predicted octanol–water partition coefficient (Wildman–Crippen LogP) is 2.89. The van der Waals surface area contributed by atoms with E-state index in [0.29, 0.717) is 22.7 Å². The minimum absolute atomic E-state index is 0.157. The summed E-state index contributed by atoms with van der Waals surface area (Å²) in [7, 11) is 3.00. The van der Waals surface area contributed by atoms with Gasteiger partial charge in [0.1, 0.15) is 0 Å². The van der Waals surface area contributed by atoms with Gasteiger partial charge in [0.25, 0.3) is 0 Å². The minimum atomic E-state index is -0.554. The number of hydrogen-bond donors (Lipinski definition) is 1. The summed E-state index contributed by atoms with van der Waals surface area (Å²) in [5.74, 6) is 0.579. The average Bonchev–Trinajstić information content (AvgIpc) is 2.36. The first kappa shape index (κ1) is 16.0. The number of amides is 1. The highest BCUT2D eigenvalue weighted by atomic mass is 16.5. The molecule has 0 aliphatic rings. The zero-order chi connectivity index (χ0) is 15.5. The molecule has 1 aromatic carbocycles. The van der Waals surface area contributed by atoms with Gasteiger partial charge in [0.2, 0.25) is 5.91 Å². The van der Waals surface area contributed by atoms with Crippen LogP contribution < -0.4 is 14.8 Å². The zero-order valence-corrected chi connectivity index (χ0v) is 12.8. The van der Waals surface area contributed by atoms with E-state index in [0.717, 1.165) is 0 Å². The standard InChI is InChI=1S/C15H21NO4/c1-9(17)10-7-12(19-5)13(20-6)8-11(10)16-14(18)15(2,3)4/h7-8H,1-6H3,(H,16,18). The van der Waals surface area contributed by atoms with Crippen molar-refractivity contribution in [2.75, 3.05) is 19.5 Å². The largest absolute Gasteiger partial charge is 0.493 e. The molecule has 5 heteroatoms. The fourth-order valence-corrected chi connectivity index (χ4v) is 1.58. The van der Waals surface area contributed by atoms with Gasteiger partial charge in [-0.1, -0.05) is 20.8 Å². The number of rotatable bonds is 4. The van der Waals surface area contributed by atoms with Crippen LogP contribution in [0.2, 0.25) is 0 Å². The Morgan fingerprint density at radius 3 is 1.95 bits per heavy atom. The molecule has 110 valence electrons. The van der Waals surface area contributed by atoms with Gasteiger partial charge < -0.3 is 14.8 Å². The van der Waals surface area contributed by atoms with Crippen molar-refractivity contribution >= 4 is 17.4 Å². The van der Waals surface area contributed by atoms with Crippen molar-refractivity contribution in [3.05, 3.63) is 17.7 Å². The van der Waals surface area contributed by atoms with Crippen molar-refractivity contribution in [1.82, 2.24) is 0 Å². The summed E-state index contributed by atoms with van der Waals surface area (Å²) in [6, 6.07) is 3.17. The van der Waals surface area contributed by atoms with Crippen LogP contribution in [-0.2, 0) is 4.79 Å². The van der Waals surface area contributed by atoms with E-state index in [-0.39, 0.29) is 11.7 Å². The lowest BCUT2D eigenvalue weighted by Crippen LogP contribution is -2.28. The average molecular weight is 279 g/mol. The Hall–Kier alpha value is -2.04. The number of anilines is 1. The Balaban J connectivity index is 3.30. The smallest absolute Gasteiger partial charge is 0.229 e. The number of carbonyl (C=O) groups is 2. The number of ketones is 1. The van der Waals surface area contributed by atoms with Crippen LogP contribution in [0.4, 0.5) is 5.69 Å². The normalized spacial score (nSPS) is 10.9. The topological polar surface area (TPSA) is 64.6 Å². The Labute approximate surface area is 119 Å². The molecule has 0 fully saturated rings. The van der Waals surface area contributed by atoms with E-state index >= 15 is 0 Å². The van der Waals surface area contributed by atoms with Gasteiger partial charge >= 0.3 is 0 Å². The van der Waals surface area contributed by atoms with Crippen molar-refractivity contribution in [2.24, 2.45) is 5.41 Å². The molecular formula is C15H21NO4. The maximum Gasteiger partial charge on any atom is 0.229 e. The maximum absolute atomic E-state index is 12.1. The second kappa shape index (κ2) is 5.94. The van der Waals surface area contributed by atoms with E-state index < -0.39 is 5.41 Å². The highest BCUT2D eigenvalue weighted by Crippen LogP contribution is 2.34. The molecule has 1 aromatic rings. The number of Topliss-reactive ketones (excluding diaryl/α,β-unsaturated/α-hetero) is 1. The number of hydrogen-bond acceptors (Lipinski definition) is 4. The molecule has 5 nitrogen and oxygen atoms in total. The van der Waals surface area contributed by atoms with Crippen molar-refractivity contribution in [1.29, 1.82) is 0 Å². The number of nitrogens with one attached hydrogen (secondary N) is 1. The molecule has 20 heavy (non-hydrogen) atoms. The molecule has 0 saturated heterocycles. The molecule has 0 aliphatic carbocycles. The second-order valence-corrected chi connectivity index (χ2v) is 5.51. The number of methoxy groups -OCH3 is 2. The molecule has 0 radical (unpaired) electrons. The Morgan fingerprint density at radius 1 is 1.05 bits per heavy atom. The van der Waals surface area contributed by atoms with E-state index in [1.54, 1.807) is 32.9 Å². The lowest BCUT2D eigenvalue weighted by Gasteiger charge is -2.20. The predicted molar refractivity (Wildman–Crippen MR) is 77.6 cm³/mol. The van der Waals surface area contributed by atoms with Gasteiger partial charge in [-0.15, -0.1) is 0 Å². The summed E-state index contributed by atoms with van der Waals surface area (Å²) >= 11 is 0. The number of benzene rings is 1. The van der Waals surface area contributed by atoms with Crippen LogP contribution in [0.1, 0.15) is 38.1 Å². The first-order valence-electron chi connectivity index (χ1n) is 6.29. The third-order valence-corrected chi connectivity index (χ3v) is 2.83. The van der Waals surface area contributed by atoms with Gasteiger partial charge in [0, 0.05) is 17.0 Å². The third-order valence-electron chi connectivity index (χ3n) is 2.83. The van der Waals surface area contributed by atoms with E-state index in [1.165, 1.54) is 21.1 Å². The van der Waals surface area contributed by atoms with Gasteiger partial charge in [-0.3, -0.25) is 9.59 Å². The first-order chi connectivity index (χ1) is 9.20. The van der Waals surface area contributed by atoms with E-state index in [2.05, 4.69) is 5.32 Å². The molecular weight excluding hydrogens is 258 g/mol. The van der Waals surface area contributed by atoms with E-state index in [1.807, 2.05) is 0 Å². The Kier molecular flexibility index (Phi) is 4.76. The summed E-state index contributed by atoms with van der Waals surface area (Å²) in [5.41, 5.74) is 0.261. The molecule has 0 spiro atoms. The molecule has 0 saturated carbocycles. The number of carbonyl (C=O) groups excluding carboxylic acids is 2. The Morgan fingerprint density at radius 2 is 1.55 bits per heavy atom. The molecule has 1 amide bonds. The monoisotopic (exact) mass is 279 g/mol. The summed E-state index contributed by atoms with van der Waals surface area (Å²) in [5, 5.41) is 2.76. The van der Waals surface area contributed by atoms with E-state index in [4.69, 9.17) is 9.47 Å². The molecule has 1 rings (SSSR count). The maximum atomic E-state index is 12.1. The van der Waals surface area contributed by atoms with E-state index in [9.17, 15) is 9.59 Å². The van der Waals surface area contributed by atoms with Gasteiger partial charge in [-0.2, -0.15) is 0 Å². The molecule has 1 N–H and O–H groups in total. The second-order valence-electron chi connectivity index (χ2n) is 5.51. The quantitative estimate of drug-likeness (QED) is 0.861. The van der Waals surface area contributed by atoms with Crippen LogP contribution in [0.15, 0.2) is 12.1 Å². The van der Waals surface area contributed by atoms with Crippen LogP contribution in [0, 0.1) is 5.41 Å².